The molecule has 0 saturated carbocycles. The molecule has 0 unspecified atom stereocenters. The molecule has 0 fully saturated rings. The summed E-state index contributed by atoms with van der Waals surface area (Å²) in [6.45, 7) is -0.444. The second-order valence-corrected chi connectivity index (χ2v) is 3.22. The minimum atomic E-state index is -0.725. The lowest BCUT2D eigenvalue weighted by Crippen LogP contribution is -2.29. The van der Waals surface area contributed by atoms with Crippen LogP contribution in [0.15, 0.2) is 18.2 Å². The van der Waals surface area contributed by atoms with Crippen molar-refractivity contribution in [3.05, 3.63) is 34.6 Å². The van der Waals surface area contributed by atoms with Crippen LogP contribution in [0.2, 0.25) is 5.02 Å². The Morgan fingerprint density at radius 2 is 2.19 bits per heavy atom. The lowest BCUT2D eigenvalue weighted by Gasteiger charge is -2.04. The van der Waals surface area contributed by atoms with Crippen molar-refractivity contribution in [1.29, 1.82) is 0 Å². The summed E-state index contributed by atoms with van der Waals surface area (Å²) < 4.78 is 12.8. The molecule has 1 rings (SSSR count). The number of primary amides is 1. The zero-order valence-corrected chi connectivity index (χ0v) is 8.75. The summed E-state index contributed by atoms with van der Waals surface area (Å²) in [5.74, 6) is -2.00. The van der Waals surface area contributed by atoms with E-state index >= 15 is 0 Å². The molecular formula is C9H8ClFN2O3. The first-order valence-corrected chi connectivity index (χ1v) is 4.54. The van der Waals surface area contributed by atoms with Gasteiger partial charge in [0.25, 0.3) is 5.91 Å². The number of rotatable bonds is 4. The highest BCUT2D eigenvalue weighted by Gasteiger charge is 2.08. The highest BCUT2D eigenvalue weighted by molar-refractivity contribution is 6.31. The minimum absolute atomic E-state index is 0.107. The first-order chi connectivity index (χ1) is 7.50. The van der Waals surface area contributed by atoms with Crippen molar-refractivity contribution in [1.82, 2.24) is 5.48 Å². The molecule has 5 nitrogen and oxygen atoms in total. The lowest BCUT2D eigenvalue weighted by atomic mass is 10.2. The molecular weight excluding hydrogens is 239 g/mol. The minimum Gasteiger partial charge on any atom is -0.368 e. The summed E-state index contributed by atoms with van der Waals surface area (Å²) in [6.07, 6.45) is 0. The van der Waals surface area contributed by atoms with Gasteiger partial charge in [-0.25, -0.2) is 9.87 Å². The fraction of sp³-hybridized carbons (Fsp3) is 0.111. The number of nitrogens with one attached hydrogen (secondary N) is 1. The Balaban J connectivity index is 2.59. The van der Waals surface area contributed by atoms with Crippen molar-refractivity contribution < 1.29 is 18.8 Å². The van der Waals surface area contributed by atoms with Gasteiger partial charge in [-0.2, -0.15) is 0 Å². The van der Waals surface area contributed by atoms with Gasteiger partial charge in [0.05, 0.1) is 5.02 Å². The van der Waals surface area contributed by atoms with E-state index in [1.54, 1.807) is 0 Å². The lowest BCUT2D eigenvalue weighted by molar-refractivity contribution is -0.124. The number of hydrogen-bond donors (Lipinski definition) is 2. The molecule has 0 aliphatic carbocycles. The number of carbonyl (C=O) groups excluding carboxylic acids is 2. The first-order valence-electron chi connectivity index (χ1n) is 4.16. The number of benzene rings is 1. The van der Waals surface area contributed by atoms with Gasteiger partial charge in [0.2, 0.25) is 5.91 Å². The quantitative estimate of drug-likeness (QED) is 0.765. The molecule has 2 amide bonds. The average Bonchev–Trinajstić information content (AvgIpc) is 2.21. The molecule has 0 aromatic heterocycles. The number of hydrogen-bond acceptors (Lipinski definition) is 3. The molecule has 0 aliphatic heterocycles. The number of halogens is 2. The second-order valence-electron chi connectivity index (χ2n) is 2.82. The van der Waals surface area contributed by atoms with Gasteiger partial charge in [-0.05, 0) is 18.2 Å². The van der Waals surface area contributed by atoms with Crippen LogP contribution in [-0.2, 0) is 9.63 Å². The number of amides is 2. The summed E-state index contributed by atoms with van der Waals surface area (Å²) in [6, 6.07) is 3.41. The second kappa shape index (κ2) is 5.43. The molecule has 86 valence electrons. The molecule has 0 spiro atoms. The smallest absolute Gasteiger partial charge is 0.274 e. The zero-order chi connectivity index (χ0) is 12.1. The van der Waals surface area contributed by atoms with Crippen molar-refractivity contribution in [3.8, 4) is 0 Å². The standard InChI is InChI=1S/C9H8ClFN2O3/c10-6-3-5(1-2-7(6)11)9(15)13-16-4-8(12)14/h1-3H,4H2,(H2,12,14)(H,13,15). The fourth-order valence-corrected chi connectivity index (χ4v) is 1.05. The van der Waals surface area contributed by atoms with E-state index in [2.05, 4.69) is 4.84 Å². The van der Waals surface area contributed by atoms with Crippen molar-refractivity contribution in [2.24, 2.45) is 5.73 Å². The fourth-order valence-electron chi connectivity index (χ4n) is 0.869. The van der Waals surface area contributed by atoms with Gasteiger partial charge in [-0.15, -0.1) is 0 Å². The van der Waals surface area contributed by atoms with Crippen LogP contribution in [0.4, 0.5) is 4.39 Å². The van der Waals surface area contributed by atoms with Crippen LogP contribution in [0.1, 0.15) is 10.4 Å². The summed E-state index contributed by atoms with van der Waals surface area (Å²) in [5, 5.41) is -0.178. The van der Waals surface area contributed by atoms with Crippen LogP contribution in [0.25, 0.3) is 0 Å². The molecule has 16 heavy (non-hydrogen) atoms. The maximum absolute atomic E-state index is 12.8. The molecule has 1 aromatic carbocycles. The number of carbonyl (C=O) groups is 2. The third kappa shape index (κ3) is 3.48. The average molecular weight is 247 g/mol. The predicted octanol–water partition coefficient (Wildman–Crippen LogP) is 0.626. The van der Waals surface area contributed by atoms with Gasteiger partial charge in [0.15, 0.2) is 6.61 Å². The molecule has 3 N–H and O–H groups in total. The van der Waals surface area contributed by atoms with Crippen LogP contribution >= 0.6 is 11.6 Å². The summed E-state index contributed by atoms with van der Waals surface area (Å²) >= 11 is 5.47. The number of nitrogens with two attached hydrogens (primary N) is 1. The normalized spacial score (nSPS) is 9.88. The Morgan fingerprint density at radius 3 is 2.75 bits per heavy atom. The van der Waals surface area contributed by atoms with E-state index < -0.39 is 24.2 Å². The van der Waals surface area contributed by atoms with Crippen LogP contribution in [0.3, 0.4) is 0 Å². The van der Waals surface area contributed by atoms with Crippen LogP contribution < -0.4 is 11.2 Å². The zero-order valence-electron chi connectivity index (χ0n) is 8.00. The molecule has 0 radical (unpaired) electrons. The summed E-state index contributed by atoms with van der Waals surface area (Å²) in [5.41, 5.74) is 6.84. The van der Waals surface area contributed by atoms with E-state index in [-0.39, 0.29) is 10.6 Å². The highest BCUT2D eigenvalue weighted by Crippen LogP contribution is 2.15. The summed E-state index contributed by atoms with van der Waals surface area (Å²) in [4.78, 5) is 26.1. The molecule has 0 atom stereocenters. The highest BCUT2D eigenvalue weighted by atomic mass is 35.5. The summed E-state index contributed by atoms with van der Waals surface area (Å²) in [7, 11) is 0. The maximum atomic E-state index is 12.8. The van der Waals surface area contributed by atoms with E-state index in [0.29, 0.717) is 0 Å². The Morgan fingerprint density at radius 1 is 1.50 bits per heavy atom. The largest absolute Gasteiger partial charge is 0.368 e. The first kappa shape index (κ1) is 12.4. The molecule has 1 aromatic rings. The Kier molecular flexibility index (Phi) is 4.21. The molecule has 0 bridgehead atoms. The van der Waals surface area contributed by atoms with Gasteiger partial charge < -0.3 is 5.73 Å². The van der Waals surface area contributed by atoms with Gasteiger partial charge in [0.1, 0.15) is 5.82 Å². The third-order valence-electron chi connectivity index (χ3n) is 1.56. The van der Waals surface area contributed by atoms with Gasteiger partial charge in [0, 0.05) is 5.56 Å². The van der Waals surface area contributed by atoms with Gasteiger partial charge >= 0.3 is 0 Å². The van der Waals surface area contributed by atoms with Crippen LogP contribution in [0.5, 0.6) is 0 Å². The van der Waals surface area contributed by atoms with E-state index in [1.165, 1.54) is 6.07 Å². The van der Waals surface area contributed by atoms with E-state index in [9.17, 15) is 14.0 Å². The van der Waals surface area contributed by atoms with E-state index in [0.717, 1.165) is 12.1 Å². The monoisotopic (exact) mass is 246 g/mol. The van der Waals surface area contributed by atoms with Crippen LogP contribution in [0, 0.1) is 5.82 Å². The molecule has 0 aliphatic rings. The Hall–Kier alpha value is -1.66. The third-order valence-corrected chi connectivity index (χ3v) is 1.85. The Labute approximate surface area is 95.3 Å². The molecule has 0 saturated heterocycles. The van der Waals surface area contributed by atoms with E-state index in [1.807, 2.05) is 5.48 Å². The van der Waals surface area contributed by atoms with Crippen molar-refractivity contribution >= 4 is 23.4 Å². The molecule has 0 heterocycles. The number of hydroxylamine groups is 1. The predicted molar refractivity (Wildman–Crippen MR) is 54.0 cm³/mol. The maximum Gasteiger partial charge on any atom is 0.274 e. The SMILES string of the molecule is NC(=O)CONC(=O)c1ccc(F)c(Cl)c1. The molecule has 7 heteroatoms. The topological polar surface area (TPSA) is 81.4 Å². The van der Waals surface area contributed by atoms with Crippen LogP contribution in [-0.4, -0.2) is 18.4 Å². The Bertz CT molecular complexity index is 425. The van der Waals surface area contributed by atoms with Gasteiger partial charge in [-0.3, -0.25) is 14.4 Å². The van der Waals surface area contributed by atoms with E-state index in [4.69, 9.17) is 17.3 Å². The van der Waals surface area contributed by atoms with Gasteiger partial charge in [-0.1, -0.05) is 11.6 Å². The van der Waals surface area contributed by atoms with Crippen molar-refractivity contribution in [3.63, 3.8) is 0 Å². The van der Waals surface area contributed by atoms with Crippen molar-refractivity contribution in [2.75, 3.05) is 6.61 Å². The van der Waals surface area contributed by atoms with Crippen molar-refractivity contribution in [2.45, 2.75) is 0 Å².